The second kappa shape index (κ2) is 6.55. The minimum absolute atomic E-state index is 0.214. The van der Waals surface area contributed by atoms with Crippen molar-refractivity contribution >= 4 is 5.91 Å². The third-order valence-electron chi connectivity index (χ3n) is 1.15. The Balaban J connectivity index is 0.000000236. The van der Waals surface area contributed by atoms with Gasteiger partial charge in [-0.1, -0.05) is 0 Å². The van der Waals surface area contributed by atoms with Crippen LogP contribution in [0.2, 0.25) is 0 Å². The number of piperidine rings is 1. The molecule has 1 heterocycles. The average molecular weight is 145 g/mol. The second-order valence-corrected chi connectivity index (χ2v) is 2.22. The van der Waals surface area contributed by atoms with Crippen LogP contribution in [0.1, 0.15) is 19.3 Å². The van der Waals surface area contributed by atoms with Crippen LogP contribution in [0.4, 0.5) is 0 Å². The van der Waals surface area contributed by atoms with Crippen molar-refractivity contribution in [1.82, 2.24) is 5.32 Å². The molecule has 0 aromatic rings. The molecular formula is C7H15NO2. The summed E-state index contributed by atoms with van der Waals surface area (Å²) in [5.74, 6) is 0.214. The molecule has 0 atom stereocenters. The third kappa shape index (κ3) is 5.56. The number of carbonyl (C=O) groups is 1. The molecule has 0 aromatic carbocycles. The van der Waals surface area contributed by atoms with Gasteiger partial charge < -0.3 is 10.1 Å². The highest BCUT2D eigenvalue weighted by atomic mass is 16.4. The molecule has 0 aliphatic carbocycles. The molecule has 0 radical (unpaired) electrons. The van der Waals surface area contributed by atoms with Gasteiger partial charge in [0.15, 0.2) is 0 Å². The molecule has 10 heavy (non-hydrogen) atoms. The lowest BCUT2D eigenvalue weighted by Crippen LogP contribution is -2.28. The predicted octanol–water partition coefficient (Wildman–Crippen LogP) is 0.549. The van der Waals surface area contributed by atoms with Gasteiger partial charge in [0.25, 0.3) is 0 Å². The van der Waals surface area contributed by atoms with Crippen LogP contribution in [0.25, 0.3) is 0 Å². The van der Waals surface area contributed by atoms with Gasteiger partial charge in [0.1, 0.15) is 0 Å². The van der Waals surface area contributed by atoms with Crippen molar-refractivity contribution in [3.05, 3.63) is 0 Å². The molecule has 1 rings (SSSR count). The topological polar surface area (TPSA) is 38.3 Å². The highest BCUT2D eigenvalue weighted by molar-refractivity contribution is 5.76. The van der Waals surface area contributed by atoms with E-state index in [9.17, 15) is 4.79 Å². The minimum atomic E-state index is 0.214. The van der Waals surface area contributed by atoms with Crippen LogP contribution >= 0.6 is 0 Å². The summed E-state index contributed by atoms with van der Waals surface area (Å²) < 4.78 is 4.25. The molecule has 3 heteroatoms. The van der Waals surface area contributed by atoms with Crippen LogP contribution in [0.3, 0.4) is 0 Å². The van der Waals surface area contributed by atoms with Crippen LogP contribution < -0.4 is 5.32 Å². The molecule has 1 amide bonds. The van der Waals surface area contributed by atoms with Gasteiger partial charge >= 0.3 is 0 Å². The fourth-order valence-electron chi connectivity index (χ4n) is 0.727. The third-order valence-corrected chi connectivity index (χ3v) is 1.15. The number of hydrogen-bond acceptors (Lipinski definition) is 2. The highest BCUT2D eigenvalue weighted by Crippen LogP contribution is 1.98. The van der Waals surface area contributed by atoms with E-state index in [-0.39, 0.29) is 5.91 Å². The van der Waals surface area contributed by atoms with E-state index >= 15 is 0 Å². The van der Waals surface area contributed by atoms with E-state index < -0.39 is 0 Å². The molecule has 1 aliphatic heterocycles. The lowest BCUT2D eigenvalue weighted by atomic mass is 10.2. The van der Waals surface area contributed by atoms with Crippen LogP contribution in [0, 0.1) is 0 Å². The molecule has 1 aliphatic rings. The summed E-state index contributed by atoms with van der Waals surface area (Å²) in [7, 11) is 3.25. The standard InChI is InChI=1S/C5H9NO.C2H6O/c7-5-3-1-2-4-6-5;1-3-2/h1-4H2,(H,6,7);1-2H3. The van der Waals surface area contributed by atoms with Crippen LogP contribution in [0.5, 0.6) is 0 Å². The number of hydrogen-bond donors (Lipinski definition) is 1. The van der Waals surface area contributed by atoms with E-state index in [1.165, 1.54) is 0 Å². The smallest absolute Gasteiger partial charge is 0.219 e. The molecule has 0 unspecified atom stereocenters. The molecule has 3 nitrogen and oxygen atoms in total. The first-order valence-electron chi connectivity index (χ1n) is 3.48. The van der Waals surface area contributed by atoms with Crippen molar-refractivity contribution in [2.75, 3.05) is 20.8 Å². The summed E-state index contributed by atoms with van der Waals surface area (Å²) in [5.41, 5.74) is 0. The molecule has 1 saturated heterocycles. The van der Waals surface area contributed by atoms with Crippen molar-refractivity contribution in [2.24, 2.45) is 0 Å². The van der Waals surface area contributed by atoms with E-state index in [0.717, 1.165) is 25.8 Å². The van der Waals surface area contributed by atoms with E-state index in [4.69, 9.17) is 0 Å². The van der Waals surface area contributed by atoms with Crippen molar-refractivity contribution < 1.29 is 9.53 Å². The van der Waals surface area contributed by atoms with Gasteiger partial charge in [-0.3, -0.25) is 4.79 Å². The van der Waals surface area contributed by atoms with Crippen LogP contribution in [0.15, 0.2) is 0 Å². The Hall–Kier alpha value is -0.570. The summed E-state index contributed by atoms with van der Waals surface area (Å²) in [6, 6.07) is 0. The Kier molecular flexibility index (Phi) is 6.18. The number of nitrogens with one attached hydrogen (secondary N) is 1. The fourth-order valence-corrected chi connectivity index (χ4v) is 0.727. The summed E-state index contributed by atoms with van der Waals surface area (Å²) >= 11 is 0. The molecule has 1 N–H and O–H groups in total. The maximum absolute atomic E-state index is 10.4. The largest absolute Gasteiger partial charge is 0.388 e. The fraction of sp³-hybridized carbons (Fsp3) is 0.857. The second-order valence-electron chi connectivity index (χ2n) is 2.22. The lowest BCUT2D eigenvalue weighted by molar-refractivity contribution is -0.122. The van der Waals surface area contributed by atoms with Crippen LogP contribution in [-0.4, -0.2) is 26.7 Å². The number of rotatable bonds is 0. The van der Waals surface area contributed by atoms with Gasteiger partial charge in [0.05, 0.1) is 0 Å². The number of methoxy groups -OCH3 is 1. The molecule has 0 saturated carbocycles. The zero-order valence-corrected chi connectivity index (χ0v) is 6.64. The number of ether oxygens (including phenoxy) is 1. The first kappa shape index (κ1) is 9.43. The molecule has 0 aromatic heterocycles. The predicted molar refractivity (Wildman–Crippen MR) is 39.8 cm³/mol. The molecule has 0 bridgehead atoms. The van der Waals surface area contributed by atoms with E-state index in [0.29, 0.717) is 0 Å². The van der Waals surface area contributed by atoms with Crippen LogP contribution in [-0.2, 0) is 9.53 Å². The summed E-state index contributed by atoms with van der Waals surface area (Å²) in [5, 5.41) is 2.74. The molecule has 0 spiro atoms. The normalized spacial score (nSPS) is 16.8. The zero-order valence-electron chi connectivity index (χ0n) is 6.64. The summed E-state index contributed by atoms with van der Waals surface area (Å²) in [4.78, 5) is 10.4. The van der Waals surface area contributed by atoms with Crippen molar-refractivity contribution in [3.8, 4) is 0 Å². The summed E-state index contributed by atoms with van der Waals surface area (Å²) in [6.45, 7) is 0.888. The van der Waals surface area contributed by atoms with Gasteiger partial charge in [0, 0.05) is 27.2 Å². The Labute approximate surface area is 61.8 Å². The van der Waals surface area contributed by atoms with E-state index in [2.05, 4.69) is 10.1 Å². The zero-order chi connectivity index (χ0) is 7.82. The minimum Gasteiger partial charge on any atom is -0.388 e. The van der Waals surface area contributed by atoms with E-state index in [1.807, 2.05) is 0 Å². The van der Waals surface area contributed by atoms with Crippen molar-refractivity contribution in [1.29, 1.82) is 0 Å². The summed E-state index contributed by atoms with van der Waals surface area (Å²) in [6.07, 6.45) is 2.97. The highest BCUT2D eigenvalue weighted by Gasteiger charge is 2.04. The van der Waals surface area contributed by atoms with Gasteiger partial charge in [-0.2, -0.15) is 0 Å². The first-order chi connectivity index (χ1) is 4.81. The quantitative estimate of drug-likeness (QED) is 0.540. The maximum atomic E-state index is 10.4. The Morgan fingerprint density at radius 1 is 1.40 bits per heavy atom. The number of carbonyl (C=O) groups excluding carboxylic acids is 1. The maximum Gasteiger partial charge on any atom is 0.219 e. The molecular weight excluding hydrogens is 130 g/mol. The Bertz CT molecular complexity index is 85.6. The van der Waals surface area contributed by atoms with Gasteiger partial charge in [0.2, 0.25) is 5.91 Å². The van der Waals surface area contributed by atoms with Gasteiger partial charge in [-0.05, 0) is 12.8 Å². The first-order valence-corrected chi connectivity index (χ1v) is 3.48. The lowest BCUT2D eigenvalue weighted by Gasteiger charge is -2.08. The Morgan fingerprint density at radius 3 is 2.20 bits per heavy atom. The van der Waals surface area contributed by atoms with Crippen molar-refractivity contribution in [2.45, 2.75) is 19.3 Å². The average Bonchev–Trinajstić information content (AvgIpc) is 1.91. The molecule has 1 fully saturated rings. The SMILES string of the molecule is COC.O=C1CCCCN1. The van der Waals surface area contributed by atoms with Gasteiger partial charge in [-0.25, -0.2) is 0 Å². The molecule has 60 valence electrons. The monoisotopic (exact) mass is 145 g/mol. The van der Waals surface area contributed by atoms with Gasteiger partial charge in [-0.15, -0.1) is 0 Å². The van der Waals surface area contributed by atoms with Crippen molar-refractivity contribution in [3.63, 3.8) is 0 Å². The Morgan fingerprint density at radius 2 is 2.00 bits per heavy atom. The van der Waals surface area contributed by atoms with E-state index in [1.54, 1.807) is 14.2 Å². The number of amides is 1.